The fourth-order valence-corrected chi connectivity index (χ4v) is 16.6. The number of carboxylic acids is 1. The number of nitrogens with zero attached hydrogens (tertiary/aromatic N) is 5. The third-order valence-electron chi connectivity index (χ3n) is 16.1. The number of carboxylic acid groups (broad SMARTS) is 1. The van der Waals surface area contributed by atoms with Crippen LogP contribution in [-0.2, 0) is 46.2 Å². The molecule has 3 atom stereocenters. The Hall–Kier alpha value is -6.38. The van der Waals surface area contributed by atoms with Crippen molar-refractivity contribution in [2.24, 2.45) is 26.9 Å². The van der Waals surface area contributed by atoms with Gasteiger partial charge in [-0.1, -0.05) is 194 Å². The average Bonchev–Trinajstić information content (AvgIpc) is 0.758. The van der Waals surface area contributed by atoms with Gasteiger partial charge in [-0.05, 0) is 124 Å². The third kappa shape index (κ3) is 30.1. The standard InChI is InChI=1S/C36H53N5O4S.C25H32O5Si.C13H22N2/c1-34(2,3)45-28-18-16-26(17-19-28)21-27(23-32(43)30(37)24-46-35(4,5)6)33(44)40-36(7,8)29(22-25-13-10-9-11-14-25)31(42)15-12-20-39-41-38;1-25(2,3)31(22-11-6-4-7-12-22,23-13-8-5-9-14-23)20-10-15-28-16-17-29-18-19-30-21-24(26)27;1-3-7-12(8-4-1)14-11-15-13-9-5-2-6-10-13/h9-11,13-14,16-19,27,29-30H,12,15,20-24,37H2,1-8H3,(H,40,44);4-9,11-14H,15-19,21H2,1-3H3,(H,26,27);12-13H,1-10H2/p+1/t27-,29+,30+;;/m1../s1. The third-order valence-corrected chi connectivity index (χ3v) is 22.8. The molecule has 0 saturated heterocycles. The van der Waals surface area contributed by atoms with Gasteiger partial charge < -0.3 is 35.1 Å². The van der Waals surface area contributed by atoms with Crippen molar-refractivity contribution in [1.29, 1.82) is 0 Å². The zero-order valence-electron chi connectivity index (χ0n) is 57.2. The van der Waals surface area contributed by atoms with Crippen LogP contribution < -0.4 is 26.2 Å². The van der Waals surface area contributed by atoms with Crippen LogP contribution in [0.4, 0.5) is 0 Å². The maximum absolute atomic E-state index is 14.1. The lowest BCUT2D eigenvalue weighted by Crippen LogP contribution is -2.67. The normalized spacial score (nSPS) is 14.9. The fraction of sp³-hybridized carbons (Fsp3) is 0.581. The number of aliphatic imine (C=N–C) groups is 2. The molecular weight excluding hydrogens is 1190 g/mol. The number of carbonyl (C=O) groups is 4. The Morgan fingerprint density at radius 3 is 1.70 bits per heavy atom. The van der Waals surface area contributed by atoms with Gasteiger partial charge in [-0.25, -0.2) is 14.8 Å². The Morgan fingerprint density at radius 2 is 1.20 bits per heavy atom. The summed E-state index contributed by atoms with van der Waals surface area (Å²) in [6, 6.07) is 42.1. The molecule has 6 rings (SSSR count). The second-order valence-electron chi connectivity index (χ2n) is 27.6. The van der Waals surface area contributed by atoms with Crippen molar-refractivity contribution in [1.82, 2.24) is 5.32 Å². The van der Waals surface area contributed by atoms with Crippen molar-refractivity contribution in [3.63, 3.8) is 0 Å². The maximum atomic E-state index is 14.1. The second-order valence-corrected chi connectivity index (χ2v) is 33.9. The highest BCUT2D eigenvalue weighted by molar-refractivity contribution is 8.00. The number of rotatable bonds is 31. The smallest absolute Gasteiger partial charge is 0.329 e. The van der Waals surface area contributed by atoms with Crippen LogP contribution in [-0.4, -0.2) is 129 Å². The summed E-state index contributed by atoms with van der Waals surface area (Å²) < 4.78 is 21.9. The molecule has 0 unspecified atom stereocenters. The zero-order valence-corrected chi connectivity index (χ0v) is 59.0. The first-order valence-electron chi connectivity index (χ1n) is 33.1. The number of carbonyl (C=O) groups excluding carboxylic acids is 3. The molecule has 502 valence electrons. The van der Waals surface area contributed by atoms with Crippen molar-refractivity contribution in [3.05, 3.63) is 137 Å². The second kappa shape index (κ2) is 40.7. The summed E-state index contributed by atoms with van der Waals surface area (Å²) in [6.07, 6.45) is 14.7. The highest BCUT2D eigenvalue weighted by Gasteiger charge is 2.47. The van der Waals surface area contributed by atoms with Crippen LogP contribution >= 0.6 is 11.8 Å². The van der Waals surface area contributed by atoms with Gasteiger partial charge in [0.05, 0.1) is 50.3 Å². The first-order chi connectivity index (χ1) is 43.7. The van der Waals surface area contributed by atoms with Gasteiger partial charge in [0.15, 0.2) is 11.8 Å². The van der Waals surface area contributed by atoms with E-state index in [1.54, 1.807) is 11.8 Å². The maximum Gasteiger partial charge on any atom is 0.329 e. The van der Waals surface area contributed by atoms with E-state index in [4.69, 9.17) is 29.6 Å². The molecule has 5 N–H and O–H groups in total. The molecule has 4 aromatic carbocycles. The number of ether oxygens (including phenoxy) is 4. The topological polar surface area (TPSA) is 239 Å². The number of hydrogen-bond acceptors (Lipinski definition) is 12. The molecule has 0 spiro atoms. The zero-order chi connectivity index (χ0) is 67.5. The van der Waals surface area contributed by atoms with Crippen LogP contribution in [0.5, 0.6) is 5.75 Å². The van der Waals surface area contributed by atoms with Crippen molar-refractivity contribution >= 4 is 59.7 Å². The van der Waals surface area contributed by atoms with Crippen LogP contribution in [0.2, 0.25) is 5.04 Å². The lowest BCUT2D eigenvalue weighted by molar-refractivity contribution is -0.396. The number of thioether (sulfide) groups is 1. The number of benzene rings is 4. The van der Waals surface area contributed by atoms with E-state index >= 15 is 0 Å². The predicted molar refractivity (Wildman–Crippen MR) is 376 cm³/mol. The Kier molecular flexibility index (Phi) is 34.5. The summed E-state index contributed by atoms with van der Waals surface area (Å²) in [5, 5.41) is 17.8. The summed E-state index contributed by atoms with van der Waals surface area (Å²) in [5.41, 5.74) is 17.1. The Balaban J connectivity index is 0.000000333. The van der Waals surface area contributed by atoms with E-state index in [2.05, 4.69) is 139 Å². The monoisotopic (exact) mass is 1300 g/mol. The van der Waals surface area contributed by atoms with Gasteiger partial charge in [0, 0.05) is 46.4 Å². The van der Waals surface area contributed by atoms with Gasteiger partial charge in [0.25, 0.3) is 0 Å². The van der Waals surface area contributed by atoms with Crippen LogP contribution in [0.15, 0.2) is 130 Å². The molecule has 0 heterocycles. The number of azide groups is 1. The van der Waals surface area contributed by atoms with E-state index in [0.717, 1.165) is 16.9 Å². The molecule has 1 amide bonds. The largest absolute Gasteiger partial charge is 0.488 e. The minimum absolute atomic E-state index is 0.00481. The van der Waals surface area contributed by atoms with Crippen LogP contribution in [0.3, 0.4) is 0 Å². The molecular formula is C74H108N7O9SSi+. The lowest BCUT2D eigenvalue weighted by Gasteiger charge is -2.39. The molecule has 2 saturated carbocycles. The number of amides is 1. The highest BCUT2D eigenvalue weighted by Crippen LogP contribution is 2.36. The molecule has 0 aromatic heterocycles. The van der Waals surface area contributed by atoms with E-state index in [-0.39, 0.29) is 65.5 Å². The molecule has 4 aromatic rings. The number of ketones is 2. The number of Topliss-reactive ketones (excluding diaryl/α,β-unsaturated/α-hetero) is 2. The predicted octanol–water partition coefficient (Wildman–Crippen LogP) is 13.1. The van der Waals surface area contributed by atoms with Crippen LogP contribution in [0, 0.1) is 23.3 Å². The van der Waals surface area contributed by atoms with E-state index in [1.165, 1.54) is 74.6 Å². The molecule has 2 aliphatic rings. The summed E-state index contributed by atoms with van der Waals surface area (Å²) in [5.74, 6) is 2.09. The van der Waals surface area contributed by atoms with Gasteiger partial charge in [0.1, 0.15) is 30.3 Å². The van der Waals surface area contributed by atoms with Gasteiger partial charge in [0.2, 0.25) is 14.0 Å². The van der Waals surface area contributed by atoms with Gasteiger partial charge in [-0.15, -0.1) is 17.3 Å². The lowest BCUT2D eigenvalue weighted by atomic mass is 9.78. The first-order valence-corrected chi connectivity index (χ1v) is 36.1. The Morgan fingerprint density at radius 1 is 0.685 bits per heavy atom. The van der Waals surface area contributed by atoms with E-state index in [9.17, 15) is 19.2 Å². The van der Waals surface area contributed by atoms with E-state index in [0.29, 0.717) is 63.5 Å². The average molecular weight is 1300 g/mol. The van der Waals surface area contributed by atoms with Crippen LogP contribution in [0.1, 0.15) is 171 Å². The molecule has 16 nitrogen and oxygen atoms in total. The van der Waals surface area contributed by atoms with Crippen molar-refractivity contribution in [2.75, 3.05) is 51.9 Å². The minimum Gasteiger partial charge on any atom is -0.488 e. The SMILES string of the molecule is C(=NC1CCCCC1)=NC1CCCCC1.CC(C)(C)Oc1ccc(C[C@H](CC(=O)[C@@H]([NH3+])CSC(C)(C)C)C(=O)NC(C)(C)[C@@H](Cc2ccccc2)C(=O)CCCN=[N+]=[N-])cc1.CC(C)(C)[Si](C#CCOCCOCCOCC(=O)O)(c1ccccc1)c1ccccc1. The quantitative estimate of drug-likeness (QED) is 0.00819. The van der Waals surface area contributed by atoms with Crippen molar-refractivity contribution < 1.29 is 49.0 Å². The first kappa shape index (κ1) is 78.1. The summed E-state index contributed by atoms with van der Waals surface area (Å²) in [4.78, 5) is 63.2. The Bertz CT molecular complexity index is 2930. The molecule has 2 aliphatic carbocycles. The Labute approximate surface area is 555 Å². The molecule has 2 fully saturated rings. The number of nitrogens with one attached hydrogen (secondary N) is 1. The van der Waals surface area contributed by atoms with Crippen molar-refractivity contribution in [2.45, 2.75) is 212 Å². The summed E-state index contributed by atoms with van der Waals surface area (Å²) in [6.45, 7) is 24.5. The molecule has 18 heteroatoms. The summed E-state index contributed by atoms with van der Waals surface area (Å²) >= 11 is 1.68. The number of quaternary nitrogens is 1. The molecule has 92 heavy (non-hydrogen) atoms. The number of hydrogen-bond donors (Lipinski definition) is 3. The van der Waals surface area contributed by atoms with Crippen LogP contribution in [0.25, 0.3) is 10.4 Å². The van der Waals surface area contributed by atoms with E-state index in [1.807, 2.05) is 101 Å². The van der Waals surface area contributed by atoms with E-state index < -0.39 is 37.5 Å². The number of aliphatic carboxylic acids is 1. The van der Waals surface area contributed by atoms with Crippen molar-refractivity contribution in [3.8, 4) is 17.2 Å². The fourth-order valence-electron chi connectivity index (χ4n) is 11.3. The molecule has 0 radical (unpaired) electrons. The summed E-state index contributed by atoms with van der Waals surface area (Å²) in [7, 11) is -2.39. The highest BCUT2D eigenvalue weighted by atomic mass is 32.2. The van der Waals surface area contributed by atoms with Gasteiger partial charge >= 0.3 is 5.97 Å². The molecule has 0 aliphatic heterocycles. The minimum atomic E-state index is -2.39. The van der Waals surface area contributed by atoms with Gasteiger partial charge in [-0.2, -0.15) is 0 Å². The van der Waals surface area contributed by atoms with Gasteiger partial charge in [-0.3, -0.25) is 14.4 Å². The molecule has 0 bridgehead atoms.